The van der Waals surface area contributed by atoms with Crippen LogP contribution in [0.4, 0.5) is 0 Å². The first-order valence-corrected chi connectivity index (χ1v) is 12.8. The van der Waals surface area contributed by atoms with Crippen LogP contribution in [0.1, 0.15) is 11.1 Å². The van der Waals surface area contributed by atoms with Crippen LogP contribution in [-0.2, 0) is 21.4 Å². The highest BCUT2D eigenvalue weighted by molar-refractivity contribution is 9.10. The van der Waals surface area contributed by atoms with Crippen molar-refractivity contribution < 1.29 is 13.2 Å². The lowest BCUT2D eigenvalue weighted by Crippen LogP contribution is -2.39. The molecule has 0 aliphatic rings. The third kappa shape index (κ3) is 7.27. The Balaban J connectivity index is 1.78. The molecule has 0 radical (unpaired) electrons. The average Bonchev–Trinajstić information content (AvgIpc) is 2.77. The number of nitrogens with one attached hydrogen (secondary N) is 1. The molecule has 0 heterocycles. The SMILES string of the molecule is O=C(CN(Cc1ccc(Cl)cc1)S(=O)(=O)c1ccc(Br)cc1)N/N=C\c1ccc(Cl)c(Cl)c1. The molecule has 0 spiro atoms. The van der Waals surface area contributed by atoms with E-state index in [-0.39, 0.29) is 11.4 Å². The van der Waals surface area contributed by atoms with Crippen LogP contribution < -0.4 is 5.43 Å². The largest absolute Gasteiger partial charge is 0.272 e. The molecule has 0 atom stereocenters. The first-order chi connectivity index (χ1) is 15.6. The predicted octanol–water partition coefficient (Wildman–Crippen LogP) is 5.75. The molecule has 0 fully saturated rings. The van der Waals surface area contributed by atoms with Gasteiger partial charge in [0.25, 0.3) is 5.91 Å². The van der Waals surface area contributed by atoms with E-state index in [4.69, 9.17) is 34.8 Å². The number of amides is 1. The van der Waals surface area contributed by atoms with Gasteiger partial charge in [-0.3, -0.25) is 4.79 Å². The Hall–Kier alpha value is -1.94. The number of hydrogen-bond donors (Lipinski definition) is 1. The second-order valence-corrected chi connectivity index (χ2v) is 10.9. The fourth-order valence-electron chi connectivity index (χ4n) is 2.74. The molecule has 33 heavy (non-hydrogen) atoms. The van der Waals surface area contributed by atoms with Gasteiger partial charge in [-0.1, -0.05) is 68.9 Å². The van der Waals surface area contributed by atoms with Gasteiger partial charge < -0.3 is 0 Å². The number of sulfonamides is 1. The van der Waals surface area contributed by atoms with Crippen LogP contribution in [0.25, 0.3) is 0 Å². The Labute approximate surface area is 215 Å². The number of rotatable bonds is 8. The summed E-state index contributed by atoms with van der Waals surface area (Å²) >= 11 is 21.1. The fraction of sp³-hybridized carbons (Fsp3) is 0.0909. The lowest BCUT2D eigenvalue weighted by Gasteiger charge is -2.21. The maximum Gasteiger partial charge on any atom is 0.255 e. The summed E-state index contributed by atoms with van der Waals surface area (Å²) in [5.41, 5.74) is 3.63. The van der Waals surface area contributed by atoms with Gasteiger partial charge >= 0.3 is 0 Å². The van der Waals surface area contributed by atoms with Gasteiger partial charge in [0.1, 0.15) is 0 Å². The molecular weight excluding hydrogens is 573 g/mol. The molecule has 0 aromatic heterocycles. The number of carbonyl (C=O) groups excluding carboxylic acids is 1. The summed E-state index contributed by atoms with van der Waals surface area (Å²) in [7, 11) is -3.97. The monoisotopic (exact) mass is 587 g/mol. The summed E-state index contributed by atoms with van der Waals surface area (Å²) in [5, 5.41) is 5.15. The van der Waals surface area contributed by atoms with Gasteiger partial charge in [-0.25, -0.2) is 13.8 Å². The van der Waals surface area contributed by atoms with Crippen molar-refractivity contribution >= 4 is 72.9 Å². The van der Waals surface area contributed by atoms with Crippen molar-refractivity contribution in [2.75, 3.05) is 6.54 Å². The van der Waals surface area contributed by atoms with Gasteiger partial charge in [0, 0.05) is 16.0 Å². The highest BCUT2D eigenvalue weighted by atomic mass is 79.9. The number of hydrogen-bond acceptors (Lipinski definition) is 4. The van der Waals surface area contributed by atoms with E-state index in [0.29, 0.717) is 26.2 Å². The Morgan fingerprint density at radius 1 is 0.970 bits per heavy atom. The second-order valence-electron chi connectivity index (χ2n) is 6.82. The summed E-state index contributed by atoms with van der Waals surface area (Å²) < 4.78 is 28.3. The van der Waals surface area contributed by atoms with E-state index < -0.39 is 22.5 Å². The summed E-state index contributed by atoms with van der Waals surface area (Å²) in [6.45, 7) is -0.473. The van der Waals surface area contributed by atoms with Crippen LogP contribution in [-0.4, -0.2) is 31.4 Å². The molecule has 0 bridgehead atoms. The first-order valence-electron chi connectivity index (χ1n) is 9.42. The zero-order chi connectivity index (χ0) is 24.0. The Morgan fingerprint density at radius 3 is 2.27 bits per heavy atom. The zero-order valence-corrected chi connectivity index (χ0v) is 21.6. The van der Waals surface area contributed by atoms with Gasteiger partial charge in [-0.05, 0) is 59.7 Å². The van der Waals surface area contributed by atoms with Gasteiger partial charge in [-0.2, -0.15) is 9.41 Å². The Bertz CT molecular complexity index is 1270. The lowest BCUT2D eigenvalue weighted by molar-refractivity contribution is -0.121. The molecule has 0 aliphatic heterocycles. The summed E-state index contributed by atoms with van der Waals surface area (Å²) in [6, 6.07) is 17.8. The second kappa shape index (κ2) is 11.5. The molecule has 0 unspecified atom stereocenters. The number of nitrogens with zero attached hydrogens (tertiary/aromatic N) is 2. The quantitative estimate of drug-likeness (QED) is 0.269. The molecule has 11 heteroatoms. The minimum atomic E-state index is -3.97. The topological polar surface area (TPSA) is 78.8 Å². The van der Waals surface area contributed by atoms with Crippen molar-refractivity contribution in [2.45, 2.75) is 11.4 Å². The van der Waals surface area contributed by atoms with E-state index in [1.165, 1.54) is 18.3 Å². The zero-order valence-electron chi connectivity index (χ0n) is 16.9. The molecule has 6 nitrogen and oxygen atoms in total. The van der Waals surface area contributed by atoms with Gasteiger partial charge in [0.2, 0.25) is 10.0 Å². The first kappa shape index (κ1) is 25.7. The van der Waals surface area contributed by atoms with E-state index in [0.717, 1.165) is 8.78 Å². The number of benzene rings is 3. The van der Waals surface area contributed by atoms with E-state index in [1.54, 1.807) is 54.6 Å². The van der Waals surface area contributed by atoms with Crippen molar-refractivity contribution in [2.24, 2.45) is 5.10 Å². The Kier molecular flexibility index (Phi) is 8.92. The number of halogens is 4. The van der Waals surface area contributed by atoms with Crippen LogP contribution >= 0.6 is 50.7 Å². The maximum atomic E-state index is 13.3. The van der Waals surface area contributed by atoms with Crippen LogP contribution in [0.2, 0.25) is 15.1 Å². The van der Waals surface area contributed by atoms with Crippen molar-refractivity contribution in [1.82, 2.24) is 9.73 Å². The molecular formula is C22H17BrCl3N3O3S. The van der Waals surface area contributed by atoms with Gasteiger partial charge in [-0.15, -0.1) is 0 Å². The predicted molar refractivity (Wildman–Crippen MR) is 135 cm³/mol. The number of carbonyl (C=O) groups is 1. The van der Waals surface area contributed by atoms with Crippen LogP contribution in [0.15, 0.2) is 81.2 Å². The third-order valence-corrected chi connectivity index (χ3v) is 7.72. The van der Waals surface area contributed by atoms with Gasteiger partial charge in [0.15, 0.2) is 0 Å². The molecule has 1 amide bonds. The normalized spacial score (nSPS) is 11.8. The van der Waals surface area contributed by atoms with Crippen molar-refractivity contribution in [3.63, 3.8) is 0 Å². The molecule has 1 N–H and O–H groups in total. The van der Waals surface area contributed by atoms with E-state index in [1.807, 2.05) is 0 Å². The highest BCUT2D eigenvalue weighted by Gasteiger charge is 2.27. The molecule has 172 valence electrons. The fourth-order valence-corrected chi connectivity index (χ4v) is 4.82. The summed E-state index contributed by atoms with van der Waals surface area (Å²) in [6.07, 6.45) is 1.38. The number of hydrazone groups is 1. The molecule has 3 aromatic rings. The van der Waals surface area contributed by atoms with E-state index in [9.17, 15) is 13.2 Å². The molecule has 3 rings (SSSR count). The summed E-state index contributed by atoms with van der Waals surface area (Å²) in [4.78, 5) is 12.6. The van der Waals surface area contributed by atoms with Crippen LogP contribution in [0.5, 0.6) is 0 Å². The lowest BCUT2D eigenvalue weighted by atomic mass is 10.2. The van der Waals surface area contributed by atoms with Crippen LogP contribution in [0.3, 0.4) is 0 Å². The molecule has 0 aliphatic carbocycles. The minimum Gasteiger partial charge on any atom is -0.272 e. The van der Waals surface area contributed by atoms with Crippen molar-refractivity contribution in [3.05, 3.63) is 97.4 Å². The minimum absolute atomic E-state index is 0.0283. The summed E-state index contributed by atoms with van der Waals surface area (Å²) in [5.74, 6) is -0.610. The molecule has 3 aromatic carbocycles. The average molecular weight is 590 g/mol. The van der Waals surface area contributed by atoms with Crippen molar-refractivity contribution in [1.29, 1.82) is 0 Å². The maximum absolute atomic E-state index is 13.3. The van der Waals surface area contributed by atoms with Crippen molar-refractivity contribution in [3.8, 4) is 0 Å². The highest BCUT2D eigenvalue weighted by Crippen LogP contribution is 2.22. The van der Waals surface area contributed by atoms with E-state index >= 15 is 0 Å². The smallest absolute Gasteiger partial charge is 0.255 e. The van der Waals surface area contributed by atoms with Gasteiger partial charge in [0.05, 0.1) is 27.7 Å². The Morgan fingerprint density at radius 2 is 1.64 bits per heavy atom. The third-order valence-electron chi connectivity index (χ3n) is 4.39. The van der Waals surface area contributed by atoms with Crippen LogP contribution in [0, 0.1) is 0 Å². The standard InChI is InChI=1S/C22H17BrCl3N3O3S/c23-17-4-8-19(9-5-17)33(31,32)29(13-15-1-6-18(24)7-2-15)14-22(30)28-27-12-16-3-10-20(25)21(26)11-16/h1-12H,13-14H2,(H,28,30)/b27-12-. The van der Waals surface area contributed by atoms with E-state index in [2.05, 4.69) is 26.5 Å². The molecule has 0 saturated carbocycles. The molecule has 0 saturated heterocycles.